The molecule has 2 N–H and O–H groups in total. The molecule has 1 saturated heterocycles. The topological polar surface area (TPSA) is 72.6 Å². The lowest BCUT2D eigenvalue weighted by atomic mass is 9.91. The first kappa shape index (κ1) is 29.0. The molecule has 0 spiro atoms. The molecule has 1 unspecified atom stereocenters. The van der Waals surface area contributed by atoms with E-state index in [9.17, 15) is 35.9 Å². The second-order valence-electron chi connectivity index (χ2n) is 7.84. The van der Waals surface area contributed by atoms with Gasteiger partial charge in [0.1, 0.15) is 18.3 Å². The van der Waals surface area contributed by atoms with E-state index < -0.39 is 66.1 Å². The van der Waals surface area contributed by atoms with Gasteiger partial charge in [-0.1, -0.05) is 40.9 Å². The van der Waals surface area contributed by atoms with E-state index in [4.69, 9.17) is 45.4 Å². The van der Waals surface area contributed by atoms with Crippen LogP contribution in [-0.4, -0.2) is 42.4 Å². The van der Waals surface area contributed by atoms with Crippen molar-refractivity contribution in [1.29, 1.82) is 0 Å². The summed E-state index contributed by atoms with van der Waals surface area (Å²) in [5, 5.41) is -0.777. The van der Waals surface area contributed by atoms with Crippen LogP contribution in [0.15, 0.2) is 36.4 Å². The molecule has 2 amide bonds. The van der Waals surface area contributed by atoms with Gasteiger partial charge in [-0.05, 0) is 41.5 Å². The molecular formula is C22H14Cl3F7N2O3. The van der Waals surface area contributed by atoms with E-state index in [0.29, 0.717) is 0 Å². The van der Waals surface area contributed by atoms with Gasteiger partial charge in [0.25, 0.3) is 5.91 Å². The average molecular weight is 594 g/mol. The third kappa shape index (κ3) is 6.67. The van der Waals surface area contributed by atoms with E-state index in [0.717, 1.165) is 30.3 Å². The number of amides is 2. The fourth-order valence-electron chi connectivity index (χ4n) is 3.58. The summed E-state index contributed by atoms with van der Waals surface area (Å²) in [6, 6.07) is 4.45. The summed E-state index contributed by atoms with van der Waals surface area (Å²) in [4.78, 5) is 29.1. The summed E-state index contributed by atoms with van der Waals surface area (Å²) in [6.07, 6.45) is -9.60. The van der Waals surface area contributed by atoms with Crippen molar-refractivity contribution in [3.63, 3.8) is 0 Å². The van der Waals surface area contributed by atoms with Crippen molar-refractivity contribution >= 4 is 52.4 Å². The second kappa shape index (κ2) is 10.7. The molecule has 200 valence electrons. The highest BCUT2D eigenvalue weighted by Crippen LogP contribution is 2.42. The van der Waals surface area contributed by atoms with Crippen molar-refractivity contribution in [2.45, 2.75) is 24.2 Å². The Labute approximate surface area is 219 Å². The minimum absolute atomic E-state index is 0.0298. The minimum Gasteiger partial charge on any atom is -0.366 e. The van der Waals surface area contributed by atoms with E-state index in [1.807, 2.05) is 0 Å². The summed E-state index contributed by atoms with van der Waals surface area (Å²) >= 11 is 17.4. The van der Waals surface area contributed by atoms with Crippen LogP contribution in [-0.2, 0) is 9.63 Å². The number of hydrogen-bond acceptors (Lipinski definition) is 3. The average Bonchev–Trinajstić information content (AvgIpc) is 3.12. The van der Waals surface area contributed by atoms with E-state index in [1.54, 1.807) is 0 Å². The van der Waals surface area contributed by atoms with Gasteiger partial charge in [-0.15, -0.1) is 0 Å². The maximum atomic E-state index is 15.2. The Bertz CT molecular complexity index is 1240. The second-order valence-corrected chi connectivity index (χ2v) is 9.03. The van der Waals surface area contributed by atoms with Gasteiger partial charge < -0.3 is 5.73 Å². The number of hydroxylamine groups is 2. The molecule has 5 nitrogen and oxygen atoms in total. The Kier molecular flexibility index (Phi) is 8.38. The van der Waals surface area contributed by atoms with Gasteiger partial charge in [0.15, 0.2) is 0 Å². The molecule has 1 aliphatic rings. The number of carbonyl (C=O) groups excluding carboxylic acids is 2. The molecule has 3 rings (SSSR count). The van der Waals surface area contributed by atoms with Crippen LogP contribution in [0.4, 0.5) is 30.7 Å². The molecule has 2 atom stereocenters. The predicted molar refractivity (Wildman–Crippen MR) is 121 cm³/mol. The Morgan fingerprint density at radius 3 is 2.22 bits per heavy atom. The lowest BCUT2D eigenvalue weighted by Crippen LogP contribution is -2.35. The maximum absolute atomic E-state index is 15.2. The number of primary amides is 1. The predicted octanol–water partition coefficient (Wildman–Crippen LogP) is 6.82. The monoisotopic (exact) mass is 592 g/mol. The number of benzene rings is 2. The van der Waals surface area contributed by atoms with Gasteiger partial charge >= 0.3 is 12.4 Å². The Hall–Kier alpha value is -2.54. The molecule has 1 fully saturated rings. The zero-order valence-corrected chi connectivity index (χ0v) is 20.3. The van der Waals surface area contributed by atoms with Crippen molar-refractivity contribution in [3.05, 3.63) is 73.7 Å². The normalized spacial score (nSPS) is 17.9. The zero-order chi connectivity index (χ0) is 27.9. The van der Waals surface area contributed by atoms with Crippen molar-refractivity contribution in [2.24, 2.45) is 5.73 Å². The third-order valence-corrected chi connectivity index (χ3v) is 6.46. The quantitative estimate of drug-likeness (QED) is 0.295. The lowest BCUT2D eigenvalue weighted by molar-refractivity contribution is -0.214. The standard InChI is InChI=1S/C22H14Cl3F7N2O3/c23-15-4-10(5-16(24)18(15)25)14(22(30,31)32)6-17(26)9-1-2-11(19(33)35)12(3-9)13-7-37-34(20(13)36)8-21(27,28)29/h1-6,13-14H,7-8H2,(H2,33,35)/b17-6-/t13-,14?/m0/s1. The third-order valence-electron chi connectivity index (χ3n) is 5.26. The van der Waals surface area contributed by atoms with E-state index in [1.165, 1.54) is 0 Å². The number of allylic oxidation sites excluding steroid dienone is 1. The first-order valence-electron chi connectivity index (χ1n) is 10.0. The molecule has 15 heteroatoms. The van der Waals surface area contributed by atoms with Crippen molar-refractivity contribution < 1.29 is 45.2 Å². The van der Waals surface area contributed by atoms with Crippen molar-refractivity contribution in [1.82, 2.24) is 5.06 Å². The van der Waals surface area contributed by atoms with E-state index in [-0.39, 0.29) is 37.3 Å². The Morgan fingerprint density at radius 1 is 1.11 bits per heavy atom. The molecule has 0 aliphatic carbocycles. The van der Waals surface area contributed by atoms with E-state index >= 15 is 4.39 Å². The zero-order valence-electron chi connectivity index (χ0n) is 18.1. The lowest BCUT2D eigenvalue weighted by Gasteiger charge is -2.19. The number of hydrogen-bond donors (Lipinski definition) is 1. The van der Waals surface area contributed by atoms with Crippen LogP contribution >= 0.6 is 34.8 Å². The van der Waals surface area contributed by atoms with Gasteiger partial charge in [0.2, 0.25) is 5.91 Å². The number of rotatable bonds is 6. The van der Waals surface area contributed by atoms with Crippen LogP contribution in [0.5, 0.6) is 0 Å². The first-order valence-corrected chi connectivity index (χ1v) is 11.2. The molecule has 1 heterocycles. The Balaban J connectivity index is 2.05. The summed E-state index contributed by atoms with van der Waals surface area (Å²) in [5.41, 5.74) is 3.56. The number of nitrogens with zero attached hydrogens (tertiary/aromatic N) is 1. The van der Waals surface area contributed by atoms with Gasteiger partial charge in [0, 0.05) is 11.1 Å². The highest BCUT2D eigenvalue weighted by molar-refractivity contribution is 6.48. The molecule has 0 bridgehead atoms. The fourth-order valence-corrected chi connectivity index (χ4v) is 4.20. The minimum atomic E-state index is -5.01. The molecule has 0 saturated carbocycles. The van der Waals surface area contributed by atoms with Crippen LogP contribution in [0, 0.1) is 0 Å². The Morgan fingerprint density at radius 2 is 1.70 bits per heavy atom. The van der Waals surface area contributed by atoms with Crippen LogP contribution in [0.25, 0.3) is 5.83 Å². The maximum Gasteiger partial charge on any atom is 0.408 e. The van der Waals surface area contributed by atoms with Gasteiger partial charge in [0.05, 0.1) is 27.6 Å². The highest BCUT2D eigenvalue weighted by atomic mass is 35.5. The molecular weight excluding hydrogens is 580 g/mol. The smallest absolute Gasteiger partial charge is 0.366 e. The van der Waals surface area contributed by atoms with E-state index in [2.05, 4.69) is 0 Å². The SMILES string of the molecule is NC(=O)c1ccc(/C(F)=C/C(c2cc(Cl)c(Cl)c(Cl)c2)C(F)(F)F)cc1[C@@H]1CON(CC(F)(F)F)C1=O. The molecule has 0 radical (unpaired) electrons. The molecule has 1 aliphatic heterocycles. The van der Waals surface area contributed by atoms with Crippen LogP contribution in [0.2, 0.25) is 15.1 Å². The fraction of sp³-hybridized carbons (Fsp3) is 0.273. The van der Waals surface area contributed by atoms with Gasteiger partial charge in [-0.3, -0.25) is 14.4 Å². The number of nitrogens with two attached hydrogens (primary N) is 1. The summed E-state index contributed by atoms with van der Waals surface area (Å²) < 4.78 is 94.7. The molecule has 2 aromatic carbocycles. The van der Waals surface area contributed by atoms with Gasteiger partial charge in [-0.2, -0.15) is 26.3 Å². The summed E-state index contributed by atoms with van der Waals surface area (Å²) in [5.74, 6) is -7.77. The number of halogens is 10. The van der Waals surface area contributed by atoms with Gasteiger partial charge in [-0.25, -0.2) is 9.45 Å². The van der Waals surface area contributed by atoms with Crippen LogP contribution in [0.3, 0.4) is 0 Å². The first-order chi connectivity index (χ1) is 17.0. The summed E-state index contributed by atoms with van der Waals surface area (Å²) in [7, 11) is 0. The molecule has 37 heavy (non-hydrogen) atoms. The van der Waals surface area contributed by atoms with Crippen molar-refractivity contribution in [2.75, 3.05) is 13.2 Å². The van der Waals surface area contributed by atoms with Crippen LogP contribution < -0.4 is 5.73 Å². The summed E-state index contributed by atoms with van der Waals surface area (Å²) in [6.45, 7) is -2.39. The number of carbonyl (C=O) groups is 2. The number of alkyl halides is 6. The largest absolute Gasteiger partial charge is 0.408 e. The van der Waals surface area contributed by atoms with Crippen LogP contribution in [0.1, 0.15) is 38.9 Å². The molecule has 2 aromatic rings. The highest BCUT2D eigenvalue weighted by Gasteiger charge is 2.43. The molecule has 0 aromatic heterocycles. The van der Waals surface area contributed by atoms with Crippen molar-refractivity contribution in [3.8, 4) is 0 Å².